The molecule has 2 amide bonds. The molecule has 0 unspecified atom stereocenters. The summed E-state index contributed by atoms with van der Waals surface area (Å²) in [5.74, 6) is 1.14. The van der Waals surface area contributed by atoms with Gasteiger partial charge in [-0.2, -0.15) is 0 Å². The Morgan fingerprint density at radius 3 is 1.42 bits per heavy atom. The van der Waals surface area contributed by atoms with Crippen LogP contribution in [0.5, 0.6) is 11.5 Å². The molecule has 2 aliphatic rings. The Kier molecular flexibility index (Phi) is 16.9. The second-order valence-corrected chi connectivity index (χ2v) is 16.6. The van der Waals surface area contributed by atoms with E-state index in [2.05, 4.69) is 13.8 Å². The van der Waals surface area contributed by atoms with Crippen molar-refractivity contribution in [2.24, 2.45) is 0 Å². The summed E-state index contributed by atoms with van der Waals surface area (Å²) in [7, 11) is 0. The van der Waals surface area contributed by atoms with E-state index in [1.807, 2.05) is 60.7 Å². The van der Waals surface area contributed by atoms with E-state index in [4.69, 9.17) is 65.4 Å². The van der Waals surface area contributed by atoms with Gasteiger partial charge in [0.15, 0.2) is 0 Å². The normalized spacial score (nSPS) is 14.7. The molecule has 0 aliphatic carbocycles. The van der Waals surface area contributed by atoms with Crippen LogP contribution >= 0.6 is 58.2 Å². The number of hydrogen-bond acceptors (Lipinski definition) is 7. The summed E-state index contributed by atoms with van der Waals surface area (Å²) in [5, 5.41) is 1.12. The summed E-state index contributed by atoms with van der Waals surface area (Å²) < 4.78 is 23.0. The number of unbranched alkanes of at least 4 members (excludes halogenated alkanes) is 2. The zero-order valence-electron chi connectivity index (χ0n) is 33.2. The van der Waals surface area contributed by atoms with Crippen molar-refractivity contribution in [3.63, 3.8) is 0 Å². The maximum absolute atomic E-state index is 13.2. The quantitative estimate of drug-likeness (QED) is 0.0819. The number of amides is 2. The number of ether oxygens (including phenoxy) is 4. The van der Waals surface area contributed by atoms with Gasteiger partial charge in [0.05, 0.1) is 59.7 Å². The molecule has 0 atom stereocenters. The first-order valence-electron chi connectivity index (χ1n) is 20.0. The summed E-state index contributed by atoms with van der Waals surface area (Å²) in [6.45, 7) is 9.42. The summed E-state index contributed by atoms with van der Waals surface area (Å²) in [6, 6.07) is 19.5. The molecule has 4 aromatic rings. The van der Waals surface area contributed by atoms with E-state index < -0.39 is 0 Å². The predicted octanol–water partition coefficient (Wildman–Crippen LogP) is 11.9. The van der Waals surface area contributed by atoms with Crippen LogP contribution in [0.1, 0.15) is 50.7 Å². The zero-order valence-corrected chi connectivity index (χ0v) is 37.1. The minimum absolute atomic E-state index is 0.142. The third kappa shape index (κ3) is 11.8. The van der Waals surface area contributed by atoms with Crippen LogP contribution < -0.4 is 9.47 Å². The van der Waals surface area contributed by atoms with Crippen molar-refractivity contribution in [1.82, 2.24) is 9.80 Å². The minimum atomic E-state index is -0.142. The van der Waals surface area contributed by atoms with E-state index in [0.717, 1.165) is 47.9 Å². The van der Waals surface area contributed by atoms with Crippen LogP contribution in [0.15, 0.2) is 82.6 Å². The molecule has 2 aliphatic heterocycles. The number of benzene rings is 4. The minimum Gasteiger partial charge on any atom is -0.494 e. The summed E-state index contributed by atoms with van der Waals surface area (Å²) in [4.78, 5) is 31.2. The number of halogens is 4. The van der Waals surface area contributed by atoms with Crippen LogP contribution in [0.4, 0.5) is 0 Å². The fourth-order valence-corrected chi connectivity index (χ4v) is 8.73. The van der Waals surface area contributed by atoms with Gasteiger partial charge in [0.2, 0.25) is 11.8 Å². The maximum Gasteiger partial charge on any atom is 0.246 e. The summed E-state index contributed by atoms with van der Waals surface area (Å²) in [5.41, 5.74) is 4.32. The molecule has 13 heteroatoms. The van der Waals surface area contributed by atoms with Crippen molar-refractivity contribution in [2.45, 2.75) is 49.3 Å². The SMILES string of the molecule is CCCCOc1cccc(-c2cc(Sc3cc(-c4cccc(OCCCC)c4)c(/C=C/C(=O)N4CCOCC4)c(Cl)c3Cl)c(Cl)c(Cl)c2/C=C/C(=O)N2CCOCC2)c1. The van der Waals surface area contributed by atoms with Crippen LogP contribution in [0.3, 0.4) is 0 Å². The molecule has 0 saturated carbocycles. The summed E-state index contributed by atoms with van der Waals surface area (Å²) in [6.07, 6.45) is 10.4. The monoisotopic (exact) mass is 896 g/mol. The van der Waals surface area contributed by atoms with Gasteiger partial charge in [0.25, 0.3) is 0 Å². The van der Waals surface area contributed by atoms with Crippen molar-refractivity contribution < 1.29 is 28.5 Å². The molecule has 0 aromatic heterocycles. The fraction of sp³-hybridized carbons (Fsp3) is 0.348. The van der Waals surface area contributed by atoms with Crippen LogP contribution in [0, 0.1) is 0 Å². The lowest BCUT2D eigenvalue weighted by Crippen LogP contribution is -2.39. The second kappa shape index (κ2) is 22.3. The highest BCUT2D eigenvalue weighted by Gasteiger charge is 2.23. The predicted molar refractivity (Wildman–Crippen MR) is 242 cm³/mol. The molecular weight excluding hydrogens is 850 g/mol. The molecule has 2 saturated heterocycles. The maximum atomic E-state index is 13.2. The highest BCUT2D eigenvalue weighted by Crippen LogP contribution is 2.49. The van der Waals surface area contributed by atoms with Gasteiger partial charge >= 0.3 is 0 Å². The molecule has 6 rings (SSSR count). The van der Waals surface area contributed by atoms with Gasteiger partial charge in [-0.3, -0.25) is 9.59 Å². The van der Waals surface area contributed by atoms with Gasteiger partial charge in [0.1, 0.15) is 11.5 Å². The average molecular weight is 899 g/mol. The van der Waals surface area contributed by atoms with Gasteiger partial charge < -0.3 is 28.7 Å². The van der Waals surface area contributed by atoms with Crippen LogP contribution in [-0.4, -0.2) is 87.4 Å². The first-order chi connectivity index (χ1) is 28.7. The smallest absolute Gasteiger partial charge is 0.246 e. The lowest BCUT2D eigenvalue weighted by Gasteiger charge is -2.25. The highest BCUT2D eigenvalue weighted by atomic mass is 35.5. The van der Waals surface area contributed by atoms with E-state index in [-0.39, 0.29) is 31.9 Å². The summed E-state index contributed by atoms with van der Waals surface area (Å²) >= 11 is 29.9. The molecule has 0 bridgehead atoms. The van der Waals surface area contributed by atoms with Crippen LogP contribution in [-0.2, 0) is 19.1 Å². The fourth-order valence-electron chi connectivity index (χ4n) is 6.57. The van der Waals surface area contributed by atoms with E-state index in [1.54, 1.807) is 22.0 Å². The Bertz CT molecular complexity index is 2020. The lowest BCUT2D eigenvalue weighted by molar-refractivity contribution is -0.130. The molecule has 2 fully saturated rings. The first-order valence-corrected chi connectivity index (χ1v) is 22.3. The van der Waals surface area contributed by atoms with Crippen molar-refractivity contribution in [1.29, 1.82) is 0 Å². The Balaban J connectivity index is 1.44. The first kappa shape index (κ1) is 44.9. The number of hydrogen-bond donors (Lipinski definition) is 0. The number of nitrogens with zero attached hydrogens (tertiary/aromatic N) is 2. The molecular formula is C46H48Cl4N2O6S. The van der Waals surface area contributed by atoms with Crippen molar-refractivity contribution in [3.8, 4) is 33.8 Å². The van der Waals surface area contributed by atoms with Gasteiger partial charge in [-0.15, -0.1) is 0 Å². The number of morpholine rings is 2. The molecule has 8 nitrogen and oxygen atoms in total. The topological polar surface area (TPSA) is 77.5 Å². The second-order valence-electron chi connectivity index (χ2n) is 14.0. The molecule has 0 spiro atoms. The number of carbonyl (C=O) groups excluding carboxylic acids is 2. The van der Waals surface area contributed by atoms with Gasteiger partial charge in [-0.25, -0.2) is 0 Å². The number of rotatable bonds is 16. The lowest BCUT2D eigenvalue weighted by atomic mass is 9.98. The van der Waals surface area contributed by atoms with Gasteiger partial charge in [-0.05, 0) is 83.6 Å². The molecule has 312 valence electrons. The van der Waals surface area contributed by atoms with Gasteiger partial charge in [0, 0.05) is 59.2 Å². The van der Waals surface area contributed by atoms with Crippen molar-refractivity contribution >= 4 is 82.1 Å². The number of carbonyl (C=O) groups is 2. The molecule has 2 heterocycles. The van der Waals surface area contributed by atoms with E-state index in [9.17, 15) is 9.59 Å². The zero-order chi connectivity index (χ0) is 41.7. The third-order valence-electron chi connectivity index (χ3n) is 9.90. The Morgan fingerprint density at radius 1 is 0.627 bits per heavy atom. The third-order valence-corrected chi connectivity index (χ3v) is 13.0. The largest absolute Gasteiger partial charge is 0.494 e. The average Bonchev–Trinajstić information content (AvgIpc) is 3.26. The van der Waals surface area contributed by atoms with Crippen molar-refractivity contribution in [2.75, 3.05) is 65.8 Å². The Hall–Kier alpha value is -3.67. The van der Waals surface area contributed by atoms with E-state index in [0.29, 0.717) is 98.2 Å². The molecule has 4 aromatic carbocycles. The van der Waals surface area contributed by atoms with Crippen LogP contribution in [0.2, 0.25) is 20.1 Å². The molecule has 0 N–H and O–H groups in total. The van der Waals surface area contributed by atoms with E-state index in [1.165, 1.54) is 23.9 Å². The Morgan fingerprint density at radius 2 is 1.03 bits per heavy atom. The molecule has 0 radical (unpaired) electrons. The van der Waals surface area contributed by atoms with Crippen LogP contribution in [0.25, 0.3) is 34.4 Å². The van der Waals surface area contributed by atoms with Crippen molar-refractivity contribution in [3.05, 3.63) is 104 Å². The standard InChI is InChI=1S/C46H48Cl4N2O6S/c1-3-5-21-57-33-11-7-9-31(27-33)37-29-39(45(49)43(47)35(37)13-15-41(53)51-17-23-55-24-18-51)59-40-30-38(32-10-8-12-34(28-32)58-22-6-4-2)36(44(48)46(40)50)14-16-42(54)52-19-25-56-26-20-52/h7-16,27-30H,3-6,17-26H2,1-2H3/b15-13+,16-14+. The highest BCUT2D eigenvalue weighted by molar-refractivity contribution is 7.99. The Labute approximate surface area is 371 Å². The molecule has 59 heavy (non-hydrogen) atoms. The van der Waals surface area contributed by atoms with E-state index >= 15 is 0 Å². The van der Waals surface area contributed by atoms with Gasteiger partial charge in [-0.1, -0.05) is 109 Å².